The highest BCUT2D eigenvalue weighted by molar-refractivity contribution is 5.92. The van der Waals surface area contributed by atoms with Crippen molar-refractivity contribution >= 4 is 17.8 Å². The number of nitrogens with one attached hydrogen (secondary N) is 2. The summed E-state index contributed by atoms with van der Waals surface area (Å²) in [6.45, 7) is 3.72. The molecule has 3 N–H and O–H groups in total. The van der Waals surface area contributed by atoms with E-state index in [1.165, 1.54) is 19.3 Å². The van der Waals surface area contributed by atoms with Crippen molar-refractivity contribution in [1.82, 2.24) is 10.6 Å². The Kier molecular flexibility index (Phi) is 6.85. The Bertz CT molecular complexity index is 492. The minimum absolute atomic E-state index is 0.115. The zero-order valence-electron chi connectivity index (χ0n) is 15.5. The molecule has 2 aliphatic carbocycles. The molecule has 2 aliphatic rings. The molecule has 0 aromatic heterocycles. The normalized spacial score (nSPS) is 28.8. The largest absolute Gasteiger partial charge is 0.480 e. The molecule has 0 aromatic carbocycles. The quantitative estimate of drug-likeness (QED) is 0.685. The van der Waals surface area contributed by atoms with Crippen LogP contribution in [0.1, 0.15) is 78.1 Å². The van der Waals surface area contributed by atoms with Gasteiger partial charge in [-0.3, -0.25) is 9.59 Å². The Labute approximate surface area is 150 Å². The van der Waals surface area contributed by atoms with Crippen molar-refractivity contribution in [3.05, 3.63) is 0 Å². The second-order valence-corrected chi connectivity index (χ2v) is 8.06. The van der Waals surface area contributed by atoms with E-state index in [0.29, 0.717) is 31.1 Å². The van der Waals surface area contributed by atoms with Gasteiger partial charge in [0.05, 0.1) is 0 Å². The average Bonchev–Trinajstić information content (AvgIpc) is 2.57. The third-order valence-corrected chi connectivity index (χ3v) is 5.87. The standard InChI is InChI=1S/C19H32N2O4/c1-13-8-10-19(11-9-13,18(24)25)21-17(23)14(2)20-16(22)12-15-6-4-3-5-7-15/h13-15H,3-12H2,1-2H3,(H,20,22)(H,21,23)(H,24,25). The van der Waals surface area contributed by atoms with Crippen molar-refractivity contribution in [3.63, 3.8) is 0 Å². The van der Waals surface area contributed by atoms with Crippen molar-refractivity contribution in [2.24, 2.45) is 11.8 Å². The van der Waals surface area contributed by atoms with E-state index >= 15 is 0 Å². The smallest absolute Gasteiger partial charge is 0.329 e. The number of carboxylic acid groups (broad SMARTS) is 1. The van der Waals surface area contributed by atoms with Crippen LogP contribution in [0.25, 0.3) is 0 Å². The van der Waals surface area contributed by atoms with Gasteiger partial charge in [0.15, 0.2) is 0 Å². The molecule has 6 nitrogen and oxygen atoms in total. The van der Waals surface area contributed by atoms with Crippen molar-refractivity contribution in [1.29, 1.82) is 0 Å². The number of amides is 2. The molecule has 1 unspecified atom stereocenters. The molecule has 25 heavy (non-hydrogen) atoms. The molecule has 0 aliphatic heterocycles. The Morgan fingerprint density at radius 3 is 2.24 bits per heavy atom. The maximum absolute atomic E-state index is 12.4. The van der Waals surface area contributed by atoms with E-state index in [1.807, 2.05) is 0 Å². The highest BCUT2D eigenvalue weighted by Gasteiger charge is 2.43. The molecule has 0 heterocycles. The molecular formula is C19H32N2O4. The molecule has 6 heteroatoms. The van der Waals surface area contributed by atoms with E-state index in [4.69, 9.17) is 0 Å². The van der Waals surface area contributed by atoms with Crippen LogP contribution in [0.3, 0.4) is 0 Å². The first kappa shape index (κ1) is 19.7. The Balaban J connectivity index is 1.85. The first-order valence-electron chi connectivity index (χ1n) is 9.67. The van der Waals surface area contributed by atoms with Gasteiger partial charge < -0.3 is 15.7 Å². The molecule has 0 radical (unpaired) electrons. The molecule has 1 atom stereocenters. The number of hydrogen-bond donors (Lipinski definition) is 3. The second-order valence-electron chi connectivity index (χ2n) is 8.06. The van der Waals surface area contributed by atoms with Gasteiger partial charge in [-0.1, -0.05) is 26.2 Å². The van der Waals surface area contributed by atoms with Gasteiger partial charge in [-0.05, 0) is 57.3 Å². The number of carbonyl (C=O) groups excluding carboxylic acids is 2. The summed E-state index contributed by atoms with van der Waals surface area (Å²) in [5.41, 5.74) is -1.19. The summed E-state index contributed by atoms with van der Waals surface area (Å²) in [5.74, 6) is -0.607. The van der Waals surface area contributed by atoms with Crippen LogP contribution in [0.4, 0.5) is 0 Å². The van der Waals surface area contributed by atoms with E-state index in [9.17, 15) is 19.5 Å². The molecule has 2 amide bonds. The van der Waals surface area contributed by atoms with Gasteiger partial charge in [-0.25, -0.2) is 4.79 Å². The van der Waals surface area contributed by atoms with Crippen molar-refractivity contribution < 1.29 is 19.5 Å². The summed E-state index contributed by atoms with van der Waals surface area (Å²) in [6, 6.07) is -0.716. The predicted molar refractivity (Wildman–Crippen MR) is 94.9 cm³/mol. The van der Waals surface area contributed by atoms with Gasteiger partial charge in [0.1, 0.15) is 11.6 Å². The van der Waals surface area contributed by atoms with Gasteiger partial charge in [0, 0.05) is 6.42 Å². The molecule has 142 valence electrons. The van der Waals surface area contributed by atoms with Crippen molar-refractivity contribution in [2.75, 3.05) is 0 Å². The van der Waals surface area contributed by atoms with Crippen LogP contribution in [0, 0.1) is 11.8 Å². The second kappa shape index (κ2) is 8.68. The summed E-state index contributed by atoms with van der Waals surface area (Å²) in [5, 5.41) is 15.0. The van der Waals surface area contributed by atoms with E-state index < -0.39 is 23.5 Å². The average molecular weight is 352 g/mol. The fourth-order valence-electron chi connectivity index (χ4n) is 4.01. The van der Waals surface area contributed by atoms with Gasteiger partial charge in [-0.2, -0.15) is 0 Å². The van der Waals surface area contributed by atoms with E-state index in [0.717, 1.165) is 25.7 Å². The highest BCUT2D eigenvalue weighted by atomic mass is 16.4. The van der Waals surface area contributed by atoms with Gasteiger partial charge in [0.25, 0.3) is 0 Å². The minimum atomic E-state index is -1.19. The zero-order chi connectivity index (χ0) is 18.4. The third-order valence-electron chi connectivity index (χ3n) is 5.87. The zero-order valence-corrected chi connectivity index (χ0v) is 15.5. The molecule has 0 saturated heterocycles. The predicted octanol–water partition coefficient (Wildman–Crippen LogP) is 2.61. The molecule has 0 aromatic rings. The summed E-state index contributed by atoms with van der Waals surface area (Å²) < 4.78 is 0. The molecular weight excluding hydrogens is 320 g/mol. The summed E-state index contributed by atoms with van der Waals surface area (Å²) >= 11 is 0. The summed E-state index contributed by atoms with van der Waals surface area (Å²) in [4.78, 5) is 36.3. The number of rotatable bonds is 6. The van der Waals surface area contributed by atoms with Crippen LogP contribution in [0.5, 0.6) is 0 Å². The number of hydrogen-bond acceptors (Lipinski definition) is 3. The first-order chi connectivity index (χ1) is 11.8. The maximum atomic E-state index is 12.4. The minimum Gasteiger partial charge on any atom is -0.480 e. The fraction of sp³-hybridized carbons (Fsp3) is 0.842. The highest BCUT2D eigenvalue weighted by Crippen LogP contribution is 2.32. The maximum Gasteiger partial charge on any atom is 0.329 e. The number of aliphatic carboxylic acids is 1. The van der Waals surface area contributed by atoms with Gasteiger partial charge in [0.2, 0.25) is 11.8 Å². The molecule has 0 spiro atoms. The number of carboxylic acids is 1. The van der Waals surface area contributed by atoms with Crippen LogP contribution < -0.4 is 10.6 Å². The van der Waals surface area contributed by atoms with Crippen molar-refractivity contribution in [3.8, 4) is 0 Å². The Morgan fingerprint density at radius 1 is 1.08 bits per heavy atom. The first-order valence-corrected chi connectivity index (χ1v) is 9.67. The monoisotopic (exact) mass is 352 g/mol. The Morgan fingerprint density at radius 2 is 1.68 bits per heavy atom. The van der Waals surface area contributed by atoms with E-state index in [1.54, 1.807) is 6.92 Å². The molecule has 2 rings (SSSR count). The molecule has 2 saturated carbocycles. The van der Waals surface area contributed by atoms with E-state index in [2.05, 4.69) is 17.6 Å². The van der Waals surface area contributed by atoms with Crippen LogP contribution in [-0.2, 0) is 14.4 Å². The lowest BCUT2D eigenvalue weighted by molar-refractivity contribution is -0.150. The summed E-state index contributed by atoms with van der Waals surface area (Å²) in [7, 11) is 0. The van der Waals surface area contributed by atoms with Gasteiger partial charge in [-0.15, -0.1) is 0 Å². The third kappa shape index (κ3) is 5.44. The topological polar surface area (TPSA) is 95.5 Å². The number of carbonyl (C=O) groups is 3. The lowest BCUT2D eigenvalue weighted by Crippen LogP contribution is -2.60. The van der Waals surface area contributed by atoms with Crippen LogP contribution in [0.2, 0.25) is 0 Å². The molecule has 0 bridgehead atoms. The Hall–Kier alpha value is -1.59. The van der Waals surface area contributed by atoms with Crippen LogP contribution >= 0.6 is 0 Å². The summed E-state index contributed by atoms with van der Waals surface area (Å²) in [6.07, 6.45) is 8.66. The van der Waals surface area contributed by atoms with Gasteiger partial charge >= 0.3 is 5.97 Å². The lowest BCUT2D eigenvalue weighted by atomic mass is 9.77. The SMILES string of the molecule is CC1CCC(NC(=O)C(C)NC(=O)CC2CCCCC2)(C(=O)O)CC1. The van der Waals surface area contributed by atoms with E-state index in [-0.39, 0.29) is 5.91 Å². The van der Waals surface area contributed by atoms with Crippen LogP contribution in [-0.4, -0.2) is 34.5 Å². The fourth-order valence-corrected chi connectivity index (χ4v) is 4.01. The van der Waals surface area contributed by atoms with Crippen LogP contribution in [0.15, 0.2) is 0 Å². The van der Waals surface area contributed by atoms with Crippen molar-refractivity contribution in [2.45, 2.75) is 89.6 Å². The molecule has 2 fully saturated rings. The lowest BCUT2D eigenvalue weighted by Gasteiger charge is -2.37.